The Morgan fingerprint density at radius 3 is 2.43 bits per heavy atom. The zero-order valence-electron chi connectivity index (χ0n) is 13.0. The van der Waals surface area contributed by atoms with Crippen LogP contribution in [0.15, 0.2) is 28.7 Å². The fourth-order valence-electron chi connectivity index (χ4n) is 1.78. The molecule has 0 amide bonds. The van der Waals surface area contributed by atoms with E-state index >= 15 is 0 Å². The van der Waals surface area contributed by atoms with Gasteiger partial charge in [0.1, 0.15) is 17.4 Å². The molecule has 0 atom stereocenters. The van der Waals surface area contributed by atoms with Gasteiger partial charge in [-0.3, -0.25) is 0 Å². The highest BCUT2D eigenvalue weighted by molar-refractivity contribution is 9.10. The first-order valence-electron chi connectivity index (χ1n) is 6.81. The summed E-state index contributed by atoms with van der Waals surface area (Å²) in [5.74, 6) is 2.84. The lowest BCUT2D eigenvalue weighted by Crippen LogP contribution is -2.17. The molecule has 0 unspecified atom stereocenters. The van der Waals surface area contributed by atoms with E-state index in [2.05, 4.69) is 52.0 Å². The number of benzene rings is 1. The minimum absolute atomic E-state index is 0.139. The van der Waals surface area contributed by atoms with Gasteiger partial charge in [0.25, 0.3) is 0 Å². The first-order chi connectivity index (χ1) is 9.79. The highest BCUT2D eigenvalue weighted by atomic mass is 79.9. The Morgan fingerprint density at radius 2 is 1.86 bits per heavy atom. The van der Waals surface area contributed by atoms with Gasteiger partial charge in [-0.1, -0.05) is 36.7 Å². The number of rotatable bonds is 3. The minimum atomic E-state index is -0.139. The van der Waals surface area contributed by atoms with Crippen molar-refractivity contribution >= 4 is 21.7 Å². The molecule has 1 heterocycles. The van der Waals surface area contributed by atoms with Crippen molar-refractivity contribution in [3.63, 3.8) is 0 Å². The van der Waals surface area contributed by atoms with Crippen LogP contribution in [-0.4, -0.2) is 17.0 Å². The third-order valence-electron chi connectivity index (χ3n) is 2.98. The van der Waals surface area contributed by atoms with Gasteiger partial charge < -0.3 is 10.1 Å². The Kier molecular flexibility index (Phi) is 4.52. The summed E-state index contributed by atoms with van der Waals surface area (Å²) in [4.78, 5) is 9.02. The van der Waals surface area contributed by atoms with E-state index in [9.17, 15) is 0 Å². The molecule has 2 rings (SSSR count). The highest BCUT2D eigenvalue weighted by Gasteiger charge is 2.19. The maximum atomic E-state index is 5.93. The van der Waals surface area contributed by atoms with Crippen LogP contribution in [0.5, 0.6) is 11.6 Å². The van der Waals surface area contributed by atoms with Gasteiger partial charge in [-0.15, -0.1) is 0 Å². The van der Waals surface area contributed by atoms with Crippen LogP contribution in [0.2, 0.25) is 0 Å². The zero-order chi connectivity index (χ0) is 15.6. The molecule has 0 saturated heterocycles. The van der Waals surface area contributed by atoms with E-state index in [4.69, 9.17) is 4.74 Å². The van der Waals surface area contributed by atoms with Crippen LogP contribution in [-0.2, 0) is 5.41 Å². The van der Waals surface area contributed by atoms with Gasteiger partial charge in [-0.25, -0.2) is 4.98 Å². The van der Waals surface area contributed by atoms with Crippen LogP contribution in [0, 0.1) is 6.92 Å². The van der Waals surface area contributed by atoms with Crippen LogP contribution in [0.1, 0.15) is 32.2 Å². The van der Waals surface area contributed by atoms with Crippen molar-refractivity contribution in [1.82, 2.24) is 9.97 Å². The minimum Gasteiger partial charge on any atom is -0.439 e. The van der Waals surface area contributed by atoms with Crippen molar-refractivity contribution in [2.75, 3.05) is 12.4 Å². The first kappa shape index (κ1) is 15.8. The van der Waals surface area contributed by atoms with E-state index in [0.717, 1.165) is 27.4 Å². The Morgan fingerprint density at radius 1 is 1.14 bits per heavy atom. The molecule has 0 fully saturated rings. The van der Waals surface area contributed by atoms with Crippen molar-refractivity contribution in [1.29, 1.82) is 0 Å². The maximum Gasteiger partial charge on any atom is 0.224 e. The number of nitrogens with zero attached hydrogens (tertiary/aromatic N) is 2. The third-order valence-corrected chi connectivity index (χ3v) is 3.47. The number of ether oxygens (including phenoxy) is 1. The maximum absolute atomic E-state index is 5.93. The van der Waals surface area contributed by atoms with Crippen molar-refractivity contribution in [3.8, 4) is 11.6 Å². The van der Waals surface area contributed by atoms with Crippen molar-refractivity contribution < 1.29 is 4.74 Å². The molecule has 21 heavy (non-hydrogen) atoms. The molecule has 2 aromatic rings. The first-order valence-corrected chi connectivity index (χ1v) is 7.60. The SMILES string of the molecule is CNc1cc(Oc2ccc(Br)cc2C)nc(C(C)(C)C)n1. The number of hydrogen-bond acceptors (Lipinski definition) is 4. The quantitative estimate of drug-likeness (QED) is 0.873. The second kappa shape index (κ2) is 6.02. The molecular formula is C16H20BrN3O. The summed E-state index contributed by atoms with van der Waals surface area (Å²) in [7, 11) is 1.84. The average Bonchev–Trinajstić information content (AvgIpc) is 2.40. The fourth-order valence-corrected chi connectivity index (χ4v) is 2.26. The molecule has 0 bridgehead atoms. The smallest absolute Gasteiger partial charge is 0.224 e. The fraction of sp³-hybridized carbons (Fsp3) is 0.375. The van der Waals surface area contributed by atoms with E-state index in [-0.39, 0.29) is 5.41 Å². The number of aromatic nitrogens is 2. The normalized spacial score (nSPS) is 11.3. The number of halogens is 1. The lowest BCUT2D eigenvalue weighted by molar-refractivity contribution is 0.443. The molecule has 5 heteroatoms. The summed E-state index contributed by atoms with van der Waals surface area (Å²) in [6, 6.07) is 7.70. The van der Waals surface area contributed by atoms with E-state index < -0.39 is 0 Å². The van der Waals surface area contributed by atoms with Gasteiger partial charge in [0.05, 0.1) is 0 Å². The number of aryl methyl sites for hydroxylation is 1. The standard InChI is InChI=1S/C16H20BrN3O/c1-10-8-11(17)6-7-12(10)21-14-9-13(18-5)19-15(20-14)16(2,3)4/h6-9H,1-5H3,(H,18,19,20). The van der Waals surface area contributed by atoms with Gasteiger partial charge in [-0.2, -0.15) is 4.98 Å². The summed E-state index contributed by atoms with van der Waals surface area (Å²) in [6.07, 6.45) is 0. The molecular weight excluding hydrogens is 330 g/mol. The van der Waals surface area contributed by atoms with Gasteiger partial charge in [0.2, 0.25) is 5.88 Å². The Bertz CT molecular complexity index is 650. The lowest BCUT2D eigenvalue weighted by atomic mass is 9.96. The molecule has 0 spiro atoms. The Balaban J connectivity index is 2.39. The second-order valence-electron chi connectivity index (χ2n) is 5.93. The zero-order valence-corrected chi connectivity index (χ0v) is 14.6. The predicted molar refractivity (Wildman–Crippen MR) is 89.2 cm³/mol. The Labute approximate surface area is 134 Å². The molecule has 4 nitrogen and oxygen atoms in total. The van der Waals surface area contributed by atoms with Crippen LogP contribution in [0.4, 0.5) is 5.82 Å². The van der Waals surface area contributed by atoms with Crippen LogP contribution in [0.25, 0.3) is 0 Å². The summed E-state index contributed by atoms with van der Waals surface area (Å²) in [6.45, 7) is 8.24. The van der Waals surface area contributed by atoms with Crippen LogP contribution in [0.3, 0.4) is 0 Å². The average molecular weight is 350 g/mol. The number of anilines is 1. The highest BCUT2D eigenvalue weighted by Crippen LogP contribution is 2.29. The molecule has 112 valence electrons. The summed E-state index contributed by atoms with van der Waals surface area (Å²) in [5.41, 5.74) is 0.908. The van der Waals surface area contributed by atoms with E-state index in [0.29, 0.717) is 5.88 Å². The summed E-state index contributed by atoms with van der Waals surface area (Å²) < 4.78 is 6.96. The number of hydrogen-bond donors (Lipinski definition) is 1. The molecule has 1 aromatic heterocycles. The summed E-state index contributed by atoms with van der Waals surface area (Å²) in [5, 5.41) is 3.05. The topological polar surface area (TPSA) is 47.0 Å². The van der Waals surface area contributed by atoms with Gasteiger partial charge in [0.15, 0.2) is 0 Å². The van der Waals surface area contributed by atoms with Crippen LogP contribution >= 0.6 is 15.9 Å². The third kappa shape index (κ3) is 3.94. The van der Waals surface area contributed by atoms with Crippen molar-refractivity contribution in [2.45, 2.75) is 33.1 Å². The molecule has 0 aliphatic rings. The molecule has 0 aliphatic carbocycles. The monoisotopic (exact) mass is 349 g/mol. The number of nitrogens with one attached hydrogen (secondary N) is 1. The predicted octanol–water partition coefficient (Wildman–Crippen LogP) is 4.68. The van der Waals surface area contributed by atoms with Gasteiger partial charge >= 0.3 is 0 Å². The van der Waals surface area contributed by atoms with Gasteiger partial charge in [-0.05, 0) is 30.7 Å². The van der Waals surface area contributed by atoms with E-state index in [1.165, 1.54) is 0 Å². The molecule has 0 radical (unpaired) electrons. The van der Waals surface area contributed by atoms with Crippen molar-refractivity contribution in [3.05, 3.63) is 40.1 Å². The van der Waals surface area contributed by atoms with Crippen LogP contribution < -0.4 is 10.1 Å². The summed E-state index contributed by atoms with van der Waals surface area (Å²) >= 11 is 3.45. The van der Waals surface area contributed by atoms with E-state index in [1.54, 1.807) is 6.07 Å². The van der Waals surface area contributed by atoms with E-state index in [1.807, 2.05) is 32.2 Å². The lowest BCUT2D eigenvalue weighted by Gasteiger charge is -2.18. The molecule has 1 aromatic carbocycles. The molecule has 0 aliphatic heterocycles. The largest absolute Gasteiger partial charge is 0.439 e. The molecule has 0 saturated carbocycles. The van der Waals surface area contributed by atoms with Crippen molar-refractivity contribution in [2.24, 2.45) is 0 Å². The van der Waals surface area contributed by atoms with Gasteiger partial charge in [0, 0.05) is 23.0 Å². The second-order valence-corrected chi connectivity index (χ2v) is 6.84. The Hall–Kier alpha value is -1.62. The molecule has 1 N–H and O–H groups in total.